The van der Waals surface area contributed by atoms with E-state index in [0.29, 0.717) is 0 Å². The van der Waals surface area contributed by atoms with Crippen molar-refractivity contribution < 1.29 is 22.4 Å². The van der Waals surface area contributed by atoms with Crippen LogP contribution >= 0.6 is 11.6 Å². The van der Waals surface area contributed by atoms with E-state index in [9.17, 15) is 22.4 Å². The van der Waals surface area contributed by atoms with Crippen LogP contribution in [-0.2, 0) is 10.0 Å². The van der Waals surface area contributed by atoms with Crippen molar-refractivity contribution in [3.05, 3.63) is 64.4 Å². The summed E-state index contributed by atoms with van der Waals surface area (Å²) in [6.45, 7) is 0. The predicted molar refractivity (Wildman–Crippen MR) is 93.7 cm³/mol. The lowest BCUT2D eigenvalue weighted by atomic mass is 10.2. The van der Waals surface area contributed by atoms with Gasteiger partial charge in [0.25, 0.3) is 11.8 Å². The minimum Gasteiger partial charge on any atom is -0.267 e. The Hall–Kier alpha value is -2.49. The molecule has 0 aliphatic carbocycles. The number of benzene rings is 2. The number of hydrogen-bond donors (Lipinski definition) is 2. The molecule has 26 heavy (non-hydrogen) atoms. The lowest BCUT2D eigenvalue weighted by Crippen LogP contribution is -2.41. The van der Waals surface area contributed by atoms with E-state index in [1.165, 1.54) is 44.4 Å². The van der Waals surface area contributed by atoms with Crippen LogP contribution in [0, 0.1) is 5.82 Å². The van der Waals surface area contributed by atoms with Gasteiger partial charge in [-0.3, -0.25) is 20.4 Å². The summed E-state index contributed by atoms with van der Waals surface area (Å²) >= 11 is 5.77. The molecule has 0 heterocycles. The van der Waals surface area contributed by atoms with Crippen LogP contribution < -0.4 is 10.9 Å². The number of carbonyl (C=O) groups is 2. The van der Waals surface area contributed by atoms with Crippen LogP contribution in [0.25, 0.3) is 0 Å². The minimum absolute atomic E-state index is 0.0263. The van der Waals surface area contributed by atoms with Crippen LogP contribution in [0.2, 0.25) is 5.02 Å². The molecule has 0 atom stereocenters. The fraction of sp³-hybridized carbons (Fsp3) is 0.125. The first-order valence-electron chi connectivity index (χ1n) is 7.21. The number of sulfonamides is 1. The quantitative estimate of drug-likeness (QED) is 0.766. The second-order valence-electron chi connectivity index (χ2n) is 5.35. The summed E-state index contributed by atoms with van der Waals surface area (Å²) < 4.78 is 38.2. The molecule has 0 saturated carbocycles. The van der Waals surface area contributed by atoms with Crippen LogP contribution in [0.4, 0.5) is 4.39 Å². The van der Waals surface area contributed by atoms with Gasteiger partial charge in [0.2, 0.25) is 10.0 Å². The summed E-state index contributed by atoms with van der Waals surface area (Å²) in [5.74, 6) is -2.08. The number of nitrogens with one attached hydrogen (secondary N) is 2. The molecule has 10 heteroatoms. The summed E-state index contributed by atoms with van der Waals surface area (Å²) in [5.41, 5.74) is 4.28. The van der Waals surface area contributed by atoms with E-state index in [4.69, 9.17) is 11.6 Å². The van der Waals surface area contributed by atoms with Gasteiger partial charge in [0.15, 0.2) is 0 Å². The third kappa shape index (κ3) is 4.37. The molecule has 2 N–H and O–H groups in total. The van der Waals surface area contributed by atoms with E-state index in [-0.39, 0.29) is 21.0 Å². The van der Waals surface area contributed by atoms with Gasteiger partial charge in [0.05, 0.1) is 15.5 Å². The molecule has 2 amide bonds. The van der Waals surface area contributed by atoms with E-state index in [1.54, 1.807) is 0 Å². The Morgan fingerprint density at radius 3 is 2.31 bits per heavy atom. The van der Waals surface area contributed by atoms with E-state index in [0.717, 1.165) is 16.4 Å². The number of halogens is 2. The maximum Gasteiger partial charge on any atom is 0.271 e. The third-order valence-corrected chi connectivity index (χ3v) is 5.46. The maximum absolute atomic E-state index is 13.0. The molecule has 0 spiro atoms. The Balaban J connectivity index is 2.12. The summed E-state index contributed by atoms with van der Waals surface area (Å²) in [6, 6.07) is 8.52. The molecule has 0 aliphatic rings. The average Bonchev–Trinajstić information content (AvgIpc) is 2.59. The Morgan fingerprint density at radius 1 is 1.04 bits per heavy atom. The first-order valence-corrected chi connectivity index (χ1v) is 9.03. The SMILES string of the molecule is CN(C)S(=O)(=O)c1cccc(C(=O)NNC(=O)c2ccc(F)cc2Cl)c1. The first-order chi connectivity index (χ1) is 12.1. The highest BCUT2D eigenvalue weighted by molar-refractivity contribution is 7.89. The van der Waals surface area contributed by atoms with Gasteiger partial charge < -0.3 is 0 Å². The Bertz CT molecular complexity index is 964. The van der Waals surface area contributed by atoms with Crippen LogP contribution in [0.15, 0.2) is 47.4 Å². The van der Waals surface area contributed by atoms with Gasteiger partial charge in [-0.25, -0.2) is 17.1 Å². The van der Waals surface area contributed by atoms with Gasteiger partial charge in [-0.1, -0.05) is 17.7 Å². The number of hydrogen-bond acceptors (Lipinski definition) is 4. The number of hydrazine groups is 1. The van der Waals surface area contributed by atoms with Crippen LogP contribution in [0.3, 0.4) is 0 Å². The highest BCUT2D eigenvalue weighted by Gasteiger charge is 2.19. The molecular weight excluding hydrogens is 385 g/mol. The van der Waals surface area contributed by atoms with Crippen LogP contribution in [-0.4, -0.2) is 38.6 Å². The van der Waals surface area contributed by atoms with Gasteiger partial charge >= 0.3 is 0 Å². The van der Waals surface area contributed by atoms with Crippen LogP contribution in [0.5, 0.6) is 0 Å². The zero-order chi connectivity index (χ0) is 19.5. The highest BCUT2D eigenvalue weighted by Crippen LogP contribution is 2.17. The number of nitrogens with zero attached hydrogens (tertiary/aromatic N) is 1. The number of rotatable bonds is 4. The van der Waals surface area contributed by atoms with Gasteiger partial charge in [-0.15, -0.1) is 0 Å². The number of carbonyl (C=O) groups excluding carboxylic acids is 2. The van der Waals surface area contributed by atoms with Gasteiger partial charge in [0.1, 0.15) is 5.82 Å². The first kappa shape index (κ1) is 19.8. The molecule has 2 rings (SSSR count). The lowest BCUT2D eigenvalue weighted by Gasteiger charge is -2.12. The fourth-order valence-corrected chi connectivity index (χ4v) is 3.14. The molecule has 2 aromatic rings. The predicted octanol–water partition coefficient (Wildman–Crippen LogP) is 1.80. The van der Waals surface area contributed by atoms with Crippen molar-refractivity contribution >= 4 is 33.4 Å². The molecule has 0 bridgehead atoms. The Morgan fingerprint density at radius 2 is 1.69 bits per heavy atom. The van der Waals surface area contributed by atoms with Crippen molar-refractivity contribution in [1.82, 2.24) is 15.2 Å². The molecule has 0 saturated heterocycles. The smallest absolute Gasteiger partial charge is 0.267 e. The zero-order valence-corrected chi connectivity index (χ0v) is 15.4. The largest absolute Gasteiger partial charge is 0.271 e. The highest BCUT2D eigenvalue weighted by atomic mass is 35.5. The molecule has 2 aromatic carbocycles. The van der Waals surface area contributed by atoms with Crippen molar-refractivity contribution in [2.75, 3.05) is 14.1 Å². The third-order valence-electron chi connectivity index (χ3n) is 3.34. The summed E-state index contributed by atoms with van der Waals surface area (Å²) in [7, 11) is -0.964. The molecule has 0 aliphatic heterocycles. The normalized spacial score (nSPS) is 11.3. The lowest BCUT2D eigenvalue weighted by molar-refractivity contribution is 0.0846. The minimum atomic E-state index is -3.70. The summed E-state index contributed by atoms with van der Waals surface area (Å²) in [5, 5.41) is -0.115. The molecule has 0 aromatic heterocycles. The van der Waals surface area contributed by atoms with E-state index >= 15 is 0 Å². The van der Waals surface area contributed by atoms with E-state index in [1.807, 2.05) is 0 Å². The molecule has 0 unspecified atom stereocenters. The Labute approximate surface area is 154 Å². The van der Waals surface area contributed by atoms with Crippen molar-refractivity contribution in [3.63, 3.8) is 0 Å². The van der Waals surface area contributed by atoms with Crippen molar-refractivity contribution in [2.24, 2.45) is 0 Å². The van der Waals surface area contributed by atoms with Gasteiger partial charge in [-0.2, -0.15) is 0 Å². The monoisotopic (exact) mass is 399 g/mol. The average molecular weight is 400 g/mol. The summed E-state index contributed by atoms with van der Waals surface area (Å²) in [6.07, 6.45) is 0. The van der Waals surface area contributed by atoms with Gasteiger partial charge in [-0.05, 0) is 36.4 Å². The van der Waals surface area contributed by atoms with E-state index < -0.39 is 27.7 Å². The standard InChI is InChI=1S/C16H15ClFN3O4S/c1-21(2)26(24,25)12-5-3-4-10(8-12)15(22)19-20-16(23)13-7-6-11(18)9-14(13)17/h3-9H,1-2H3,(H,19,22)(H,20,23). The summed E-state index contributed by atoms with van der Waals surface area (Å²) in [4.78, 5) is 24.1. The second kappa shape index (κ2) is 7.81. The Kier molecular flexibility index (Phi) is 5.96. The topological polar surface area (TPSA) is 95.6 Å². The molecule has 138 valence electrons. The molecular formula is C16H15ClFN3O4S. The van der Waals surface area contributed by atoms with Crippen molar-refractivity contribution in [2.45, 2.75) is 4.90 Å². The molecule has 0 fully saturated rings. The molecule has 7 nitrogen and oxygen atoms in total. The maximum atomic E-state index is 13.0. The van der Waals surface area contributed by atoms with Gasteiger partial charge in [0, 0.05) is 19.7 Å². The van der Waals surface area contributed by atoms with Crippen LogP contribution in [0.1, 0.15) is 20.7 Å². The number of amides is 2. The van der Waals surface area contributed by atoms with Crippen molar-refractivity contribution in [1.29, 1.82) is 0 Å². The fourth-order valence-electron chi connectivity index (χ4n) is 1.94. The second-order valence-corrected chi connectivity index (χ2v) is 7.91. The van der Waals surface area contributed by atoms with Crippen molar-refractivity contribution in [3.8, 4) is 0 Å². The zero-order valence-electron chi connectivity index (χ0n) is 13.8. The van der Waals surface area contributed by atoms with E-state index in [2.05, 4.69) is 10.9 Å². The molecule has 0 radical (unpaired) electrons.